The highest BCUT2D eigenvalue weighted by Gasteiger charge is 2.15. The van der Waals surface area contributed by atoms with Gasteiger partial charge < -0.3 is 10.2 Å². The normalized spacial score (nSPS) is 10.9. The quantitative estimate of drug-likeness (QED) is 0.716. The van der Waals surface area contributed by atoms with Gasteiger partial charge in [0.2, 0.25) is 0 Å². The second-order valence-corrected chi connectivity index (χ2v) is 4.82. The summed E-state index contributed by atoms with van der Waals surface area (Å²) in [6.07, 6.45) is 0. The van der Waals surface area contributed by atoms with Crippen molar-refractivity contribution in [2.75, 3.05) is 0 Å². The molecule has 0 bridgehead atoms. The van der Waals surface area contributed by atoms with Crippen molar-refractivity contribution in [2.24, 2.45) is 0 Å². The van der Waals surface area contributed by atoms with Crippen LogP contribution in [0.2, 0.25) is 5.15 Å². The highest BCUT2D eigenvalue weighted by Crippen LogP contribution is 2.38. The summed E-state index contributed by atoms with van der Waals surface area (Å²) >= 11 is 6.15. The summed E-state index contributed by atoms with van der Waals surface area (Å²) in [5.41, 5.74) is 2.61. The van der Waals surface area contributed by atoms with Gasteiger partial charge in [0.1, 0.15) is 17.2 Å². The molecule has 0 saturated heterocycles. The minimum Gasteiger partial charge on any atom is -0.508 e. The first-order valence-electron chi connectivity index (χ1n) is 6.02. The summed E-state index contributed by atoms with van der Waals surface area (Å²) < 4.78 is 0. The second-order valence-electron chi connectivity index (χ2n) is 4.46. The Labute approximate surface area is 120 Å². The van der Waals surface area contributed by atoms with Gasteiger partial charge in [-0.15, -0.1) is 0 Å². The molecule has 3 rings (SSSR count). The fourth-order valence-electron chi connectivity index (χ4n) is 2.03. The summed E-state index contributed by atoms with van der Waals surface area (Å²) in [6.45, 7) is 1.62. The lowest BCUT2D eigenvalue weighted by molar-refractivity contribution is 0.444. The lowest BCUT2D eigenvalue weighted by atomic mass is 10.1. The van der Waals surface area contributed by atoms with Crippen molar-refractivity contribution in [3.8, 4) is 22.8 Å². The third kappa shape index (κ3) is 1.94. The molecule has 2 N–H and O–H groups in total. The summed E-state index contributed by atoms with van der Waals surface area (Å²) in [5.74, 6) is -0.0207. The maximum atomic E-state index is 10.1. The van der Waals surface area contributed by atoms with E-state index < -0.39 is 0 Å². The van der Waals surface area contributed by atoms with Gasteiger partial charge in [-0.1, -0.05) is 23.7 Å². The molecule has 100 valence electrons. The molecule has 0 amide bonds. The standard InChI is InChI=1S/C15H11ClN2O2/c1-8-12(19)7-6-9(14(8)20)13-15(16)18-11-5-3-2-4-10(11)17-13/h2-7,19-20H,1H3. The number of aromatic nitrogens is 2. The van der Waals surface area contributed by atoms with Crippen molar-refractivity contribution in [3.05, 3.63) is 47.1 Å². The SMILES string of the molecule is Cc1c(O)ccc(-c2nc3ccccc3nc2Cl)c1O. The molecule has 0 saturated carbocycles. The number of halogens is 1. The molecule has 1 heterocycles. The Balaban J connectivity index is 2.29. The van der Waals surface area contributed by atoms with Crippen LogP contribution in [0.4, 0.5) is 0 Å². The molecule has 2 aromatic carbocycles. The van der Waals surface area contributed by atoms with Crippen LogP contribution in [-0.2, 0) is 0 Å². The third-order valence-corrected chi connectivity index (χ3v) is 3.45. The fraction of sp³-hybridized carbons (Fsp3) is 0.0667. The molecule has 0 aliphatic carbocycles. The number of rotatable bonds is 1. The first kappa shape index (κ1) is 12.7. The molecular formula is C15H11ClN2O2. The number of fused-ring (bicyclic) bond motifs is 1. The van der Waals surface area contributed by atoms with Crippen LogP contribution in [0.5, 0.6) is 11.5 Å². The van der Waals surface area contributed by atoms with E-state index in [0.29, 0.717) is 27.9 Å². The molecule has 1 aromatic heterocycles. The molecule has 0 aliphatic rings. The van der Waals surface area contributed by atoms with Crippen molar-refractivity contribution in [3.63, 3.8) is 0 Å². The van der Waals surface area contributed by atoms with Crippen LogP contribution in [0.3, 0.4) is 0 Å². The summed E-state index contributed by atoms with van der Waals surface area (Å²) in [5, 5.41) is 19.9. The smallest absolute Gasteiger partial charge is 0.156 e. The fourth-order valence-corrected chi connectivity index (χ4v) is 2.27. The zero-order chi connectivity index (χ0) is 14.3. The third-order valence-electron chi connectivity index (χ3n) is 3.19. The van der Waals surface area contributed by atoms with Gasteiger partial charge in [0.25, 0.3) is 0 Å². The summed E-state index contributed by atoms with van der Waals surface area (Å²) in [4.78, 5) is 8.72. The highest BCUT2D eigenvalue weighted by atomic mass is 35.5. The van der Waals surface area contributed by atoms with Crippen LogP contribution in [0.15, 0.2) is 36.4 Å². The molecule has 20 heavy (non-hydrogen) atoms. The first-order valence-corrected chi connectivity index (χ1v) is 6.40. The zero-order valence-corrected chi connectivity index (χ0v) is 11.4. The van der Waals surface area contributed by atoms with Crippen molar-refractivity contribution >= 4 is 22.6 Å². The van der Waals surface area contributed by atoms with Gasteiger partial charge in [0.05, 0.1) is 11.0 Å². The largest absolute Gasteiger partial charge is 0.508 e. The molecule has 0 aliphatic heterocycles. The number of hydrogen-bond donors (Lipinski definition) is 2. The van der Waals surface area contributed by atoms with Gasteiger partial charge in [-0.25, -0.2) is 9.97 Å². The van der Waals surface area contributed by atoms with E-state index in [1.165, 1.54) is 6.07 Å². The molecule has 4 nitrogen and oxygen atoms in total. The number of para-hydroxylation sites is 2. The molecule has 0 unspecified atom stereocenters. The average Bonchev–Trinajstić information content (AvgIpc) is 2.45. The van der Waals surface area contributed by atoms with E-state index in [4.69, 9.17) is 11.6 Å². The predicted molar refractivity (Wildman–Crippen MR) is 78.1 cm³/mol. The number of benzene rings is 2. The Bertz CT molecular complexity index is 818. The number of phenolic OH excluding ortho intramolecular Hbond substituents is 2. The predicted octanol–water partition coefficient (Wildman–Crippen LogP) is 3.67. The van der Waals surface area contributed by atoms with E-state index in [1.54, 1.807) is 13.0 Å². The number of hydrogen-bond acceptors (Lipinski definition) is 4. The van der Waals surface area contributed by atoms with Crippen LogP contribution >= 0.6 is 11.6 Å². The van der Waals surface area contributed by atoms with E-state index in [-0.39, 0.29) is 16.7 Å². The molecule has 0 fully saturated rings. The summed E-state index contributed by atoms with van der Waals surface area (Å²) in [6, 6.07) is 10.4. The highest BCUT2D eigenvalue weighted by molar-refractivity contribution is 6.32. The molecule has 0 spiro atoms. The Kier molecular flexibility index (Phi) is 2.95. The van der Waals surface area contributed by atoms with E-state index in [9.17, 15) is 10.2 Å². The van der Waals surface area contributed by atoms with E-state index in [2.05, 4.69) is 9.97 Å². The average molecular weight is 287 g/mol. The van der Waals surface area contributed by atoms with Crippen molar-refractivity contribution < 1.29 is 10.2 Å². The molecule has 3 aromatic rings. The monoisotopic (exact) mass is 286 g/mol. The number of nitrogens with zero attached hydrogens (tertiary/aromatic N) is 2. The molecule has 0 atom stereocenters. The van der Waals surface area contributed by atoms with Crippen LogP contribution in [0.25, 0.3) is 22.3 Å². The van der Waals surface area contributed by atoms with Gasteiger partial charge in [-0.3, -0.25) is 0 Å². The number of aromatic hydroxyl groups is 2. The van der Waals surface area contributed by atoms with Crippen LogP contribution in [0.1, 0.15) is 5.56 Å². The topological polar surface area (TPSA) is 66.2 Å². The lowest BCUT2D eigenvalue weighted by Crippen LogP contribution is -1.92. The van der Waals surface area contributed by atoms with Crippen LogP contribution < -0.4 is 0 Å². The number of phenols is 2. The maximum Gasteiger partial charge on any atom is 0.156 e. The minimum atomic E-state index is -0.0449. The van der Waals surface area contributed by atoms with E-state index >= 15 is 0 Å². The van der Waals surface area contributed by atoms with Gasteiger partial charge in [-0.2, -0.15) is 0 Å². The lowest BCUT2D eigenvalue weighted by Gasteiger charge is -2.10. The minimum absolute atomic E-state index is 0.0242. The van der Waals surface area contributed by atoms with Crippen molar-refractivity contribution in [1.82, 2.24) is 9.97 Å². The molecule has 5 heteroatoms. The summed E-state index contributed by atoms with van der Waals surface area (Å²) in [7, 11) is 0. The second kappa shape index (κ2) is 4.65. The zero-order valence-electron chi connectivity index (χ0n) is 10.6. The Hall–Kier alpha value is -2.33. The first-order chi connectivity index (χ1) is 9.58. The molecular weight excluding hydrogens is 276 g/mol. The van der Waals surface area contributed by atoms with Gasteiger partial charge in [-0.05, 0) is 31.2 Å². The maximum absolute atomic E-state index is 10.1. The van der Waals surface area contributed by atoms with Crippen molar-refractivity contribution in [2.45, 2.75) is 6.92 Å². The van der Waals surface area contributed by atoms with Gasteiger partial charge in [0.15, 0.2) is 5.15 Å². The Morgan fingerprint density at radius 3 is 2.30 bits per heavy atom. The Morgan fingerprint density at radius 1 is 0.950 bits per heavy atom. The van der Waals surface area contributed by atoms with Crippen LogP contribution in [-0.4, -0.2) is 20.2 Å². The van der Waals surface area contributed by atoms with Crippen LogP contribution in [0, 0.1) is 6.92 Å². The van der Waals surface area contributed by atoms with E-state index in [1.807, 2.05) is 24.3 Å². The van der Waals surface area contributed by atoms with E-state index in [0.717, 1.165) is 0 Å². The Morgan fingerprint density at radius 2 is 1.60 bits per heavy atom. The van der Waals surface area contributed by atoms with Gasteiger partial charge in [0, 0.05) is 11.1 Å². The van der Waals surface area contributed by atoms with Crippen molar-refractivity contribution in [1.29, 1.82) is 0 Å². The molecule has 0 radical (unpaired) electrons. The van der Waals surface area contributed by atoms with Gasteiger partial charge >= 0.3 is 0 Å².